The SMILES string of the molecule is COC(=O)c1ccc(C=NNC(=O)Cc2ccccc2)cc1. The molecule has 0 aliphatic carbocycles. The average molecular weight is 296 g/mol. The fraction of sp³-hybridized carbons (Fsp3) is 0.118. The zero-order valence-electron chi connectivity index (χ0n) is 12.2. The van der Waals surface area contributed by atoms with E-state index in [0.29, 0.717) is 5.56 Å². The maximum Gasteiger partial charge on any atom is 0.337 e. The summed E-state index contributed by atoms with van der Waals surface area (Å²) in [4.78, 5) is 23.0. The predicted molar refractivity (Wildman–Crippen MR) is 83.7 cm³/mol. The monoisotopic (exact) mass is 296 g/mol. The van der Waals surface area contributed by atoms with Gasteiger partial charge in [-0.15, -0.1) is 0 Å². The summed E-state index contributed by atoms with van der Waals surface area (Å²) in [5.41, 5.74) is 4.63. The first kappa shape index (κ1) is 15.4. The lowest BCUT2D eigenvalue weighted by Crippen LogP contribution is -2.19. The highest BCUT2D eigenvalue weighted by Gasteiger charge is 2.03. The van der Waals surface area contributed by atoms with Gasteiger partial charge in [-0.1, -0.05) is 42.5 Å². The van der Waals surface area contributed by atoms with Gasteiger partial charge in [0.2, 0.25) is 5.91 Å². The van der Waals surface area contributed by atoms with Crippen molar-refractivity contribution in [1.29, 1.82) is 0 Å². The number of carbonyl (C=O) groups is 2. The number of hydrazone groups is 1. The summed E-state index contributed by atoms with van der Waals surface area (Å²) in [5, 5.41) is 3.89. The van der Waals surface area contributed by atoms with Crippen molar-refractivity contribution in [2.45, 2.75) is 6.42 Å². The molecule has 2 aromatic rings. The fourth-order valence-corrected chi connectivity index (χ4v) is 1.82. The van der Waals surface area contributed by atoms with Crippen LogP contribution < -0.4 is 5.43 Å². The molecule has 0 bridgehead atoms. The molecule has 2 rings (SSSR count). The normalized spacial score (nSPS) is 10.4. The summed E-state index contributed by atoms with van der Waals surface area (Å²) >= 11 is 0. The molecule has 0 aliphatic heterocycles. The second-order valence-electron chi connectivity index (χ2n) is 4.57. The first-order valence-electron chi connectivity index (χ1n) is 6.73. The maximum atomic E-state index is 11.7. The van der Waals surface area contributed by atoms with Gasteiger partial charge in [0.25, 0.3) is 0 Å². The number of esters is 1. The molecule has 0 saturated heterocycles. The first-order valence-corrected chi connectivity index (χ1v) is 6.73. The van der Waals surface area contributed by atoms with Crippen LogP contribution >= 0.6 is 0 Å². The summed E-state index contributed by atoms with van der Waals surface area (Å²) in [5.74, 6) is -0.576. The van der Waals surface area contributed by atoms with E-state index in [1.54, 1.807) is 24.3 Å². The van der Waals surface area contributed by atoms with Crippen LogP contribution in [0.3, 0.4) is 0 Å². The van der Waals surface area contributed by atoms with E-state index in [1.165, 1.54) is 13.3 Å². The van der Waals surface area contributed by atoms with Gasteiger partial charge in [0.15, 0.2) is 0 Å². The molecule has 0 spiro atoms. The van der Waals surface area contributed by atoms with E-state index in [4.69, 9.17) is 0 Å². The van der Waals surface area contributed by atoms with Crippen LogP contribution in [-0.2, 0) is 16.0 Å². The number of nitrogens with zero attached hydrogens (tertiary/aromatic N) is 1. The van der Waals surface area contributed by atoms with Gasteiger partial charge in [-0.25, -0.2) is 10.2 Å². The van der Waals surface area contributed by atoms with Crippen molar-refractivity contribution < 1.29 is 14.3 Å². The van der Waals surface area contributed by atoms with Crippen molar-refractivity contribution >= 4 is 18.1 Å². The number of amides is 1. The van der Waals surface area contributed by atoms with Crippen molar-refractivity contribution in [3.05, 3.63) is 71.3 Å². The van der Waals surface area contributed by atoms with Crippen LogP contribution in [0.15, 0.2) is 59.7 Å². The lowest BCUT2D eigenvalue weighted by atomic mass is 10.1. The van der Waals surface area contributed by atoms with Gasteiger partial charge in [-0.05, 0) is 23.3 Å². The minimum atomic E-state index is -0.389. The highest BCUT2D eigenvalue weighted by Crippen LogP contribution is 2.04. The minimum absolute atomic E-state index is 0.186. The lowest BCUT2D eigenvalue weighted by Gasteiger charge is -2.01. The lowest BCUT2D eigenvalue weighted by molar-refractivity contribution is -0.120. The van der Waals surface area contributed by atoms with Crippen LogP contribution in [0.25, 0.3) is 0 Å². The topological polar surface area (TPSA) is 67.8 Å². The van der Waals surface area contributed by atoms with E-state index >= 15 is 0 Å². The number of rotatable bonds is 5. The smallest absolute Gasteiger partial charge is 0.337 e. The van der Waals surface area contributed by atoms with Gasteiger partial charge in [-0.3, -0.25) is 4.79 Å². The Morgan fingerprint density at radius 1 is 1.09 bits per heavy atom. The molecule has 22 heavy (non-hydrogen) atoms. The van der Waals surface area contributed by atoms with Crippen LogP contribution in [0.4, 0.5) is 0 Å². The summed E-state index contributed by atoms with van der Waals surface area (Å²) in [6.45, 7) is 0. The second-order valence-corrected chi connectivity index (χ2v) is 4.57. The molecule has 0 aromatic heterocycles. The third-order valence-corrected chi connectivity index (χ3v) is 2.94. The van der Waals surface area contributed by atoms with Crippen LogP contribution in [0, 0.1) is 0 Å². The van der Waals surface area contributed by atoms with Crippen molar-refractivity contribution in [2.24, 2.45) is 5.10 Å². The van der Waals surface area contributed by atoms with Crippen molar-refractivity contribution in [2.75, 3.05) is 7.11 Å². The number of nitrogens with one attached hydrogen (secondary N) is 1. The van der Waals surface area contributed by atoms with E-state index in [1.807, 2.05) is 30.3 Å². The molecule has 0 aliphatic rings. The molecule has 5 heteroatoms. The van der Waals surface area contributed by atoms with Gasteiger partial charge in [0, 0.05) is 0 Å². The molecule has 112 valence electrons. The Balaban J connectivity index is 1.87. The van der Waals surface area contributed by atoms with Gasteiger partial charge < -0.3 is 4.74 Å². The van der Waals surface area contributed by atoms with E-state index < -0.39 is 0 Å². The molecular formula is C17H16N2O3. The first-order chi connectivity index (χ1) is 10.7. The molecule has 0 heterocycles. The van der Waals surface area contributed by atoms with Crippen molar-refractivity contribution in [1.82, 2.24) is 5.43 Å². The van der Waals surface area contributed by atoms with Crippen LogP contribution in [0.2, 0.25) is 0 Å². The molecule has 0 radical (unpaired) electrons. The van der Waals surface area contributed by atoms with Crippen LogP contribution in [0.1, 0.15) is 21.5 Å². The Labute approximate surface area is 128 Å². The van der Waals surface area contributed by atoms with Crippen molar-refractivity contribution in [3.8, 4) is 0 Å². The zero-order valence-corrected chi connectivity index (χ0v) is 12.2. The third-order valence-electron chi connectivity index (χ3n) is 2.94. The Morgan fingerprint density at radius 2 is 1.77 bits per heavy atom. The summed E-state index contributed by atoms with van der Waals surface area (Å²) in [7, 11) is 1.33. The van der Waals surface area contributed by atoms with Crippen molar-refractivity contribution in [3.63, 3.8) is 0 Å². The summed E-state index contributed by atoms with van der Waals surface area (Å²) < 4.78 is 4.62. The molecule has 0 atom stereocenters. The van der Waals surface area contributed by atoms with E-state index in [0.717, 1.165) is 11.1 Å². The number of methoxy groups -OCH3 is 1. The van der Waals surface area contributed by atoms with Gasteiger partial charge in [0.05, 0.1) is 25.3 Å². The van der Waals surface area contributed by atoms with E-state index in [2.05, 4.69) is 15.3 Å². The predicted octanol–water partition coefficient (Wildman–Crippen LogP) is 2.17. The Kier molecular flexibility index (Phi) is 5.43. The molecule has 0 unspecified atom stereocenters. The number of benzene rings is 2. The number of hydrogen-bond donors (Lipinski definition) is 1. The highest BCUT2D eigenvalue weighted by molar-refractivity contribution is 5.90. The molecule has 0 saturated carbocycles. The van der Waals surface area contributed by atoms with Gasteiger partial charge in [-0.2, -0.15) is 5.10 Å². The average Bonchev–Trinajstić information content (AvgIpc) is 2.55. The molecule has 1 N–H and O–H groups in total. The van der Waals surface area contributed by atoms with Crippen LogP contribution in [0.5, 0.6) is 0 Å². The fourth-order valence-electron chi connectivity index (χ4n) is 1.82. The number of ether oxygens (including phenoxy) is 1. The third kappa shape index (κ3) is 4.56. The molecule has 0 fully saturated rings. The van der Waals surface area contributed by atoms with Gasteiger partial charge >= 0.3 is 5.97 Å². The van der Waals surface area contributed by atoms with E-state index in [-0.39, 0.29) is 18.3 Å². The molecule has 5 nitrogen and oxygen atoms in total. The zero-order chi connectivity index (χ0) is 15.8. The number of carbonyl (C=O) groups excluding carboxylic acids is 2. The summed E-state index contributed by atoms with van der Waals surface area (Å²) in [6.07, 6.45) is 1.80. The second kappa shape index (κ2) is 7.73. The maximum absolute atomic E-state index is 11.7. The summed E-state index contributed by atoms with van der Waals surface area (Å²) in [6, 6.07) is 16.2. The van der Waals surface area contributed by atoms with Crippen LogP contribution in [-0.4, -0.2) is 25.2 Å². The quantitative estimate of drug-likeness (QED) is 0.522. The molecule has 1 amide bonds. The standard InChI is InChI=1S/C17H16N2O3/c1-22-17(21)15-9-7-14(8-10-15)12-18-19-16(20)11-13-5-3-2-4-6-13/h2-10,12H,11H2,1H3,(H,19,20). The molecular weight excluding hydrogens is 280 g/mol. The van der Waals surface area contributed by atoms with Gasteiger partial charge in [0.1, 0.15) is 0 Å². The molecule has 2 aromatic carbocycles. The van der Waals surface area contributed by atoms with E-state index in [9.17, 15) is 9.59 Å². The largest absolute Gasteiger partial charge is 0.465 e. The Morgan fingerprint density at radius 3 is 2.41 bits per heavy atom. The minimum Gasteiger partial charge on any atom is -0.465 e. The highest BCUT2D eigenvalue weighted by atomic mass is 16.5. The Bertz CT molecular complexity index is 664. The Hall–Kier alpha value is -2.95. The number of hydrogen-bond acceptors (Lipinski definition) is 4.